The van der Waals surface area contributed by atoms with Crippen LogP contribution < -0.4 is 10.2 Å². The second kappa shape index (κ2) is 5.83. The summed E-state index contributed by atoms with van der Waals surface area (Å²) in [5.41, 5.74) is 1.58. The number of hydrogen-bond acceptors (Lipinski definition) is 5. The number of benzene rings is 1. The van der Waals surface area contributed by atoms with E-state index < -0.39 is 12.2 Å². The summed E-state index contributed by atoms with van der Waals surface area (Å²) in [6.07, 6.45) is -2.54. The van der Waals surface area contributed by atoms with Gasteiger partial charge in [0.15, 0.2) is 6.10 Å². The lowest BCUT2D eigenvalue weighted by atomic mass is 10.0. The van der Waals surface area contributed by atoms with Gasteiger partial charge in [0, 0.05) is 31.9 Å². The number of nitriles is 1. The fourth-order valence-electron chi connectivity index (χ4n) is 2.08. The Kier molecular flexibility index (Phi) is 4.15. The lowest BCUT2D eigenvalue weighted by Crippen LogP contribution is -2.43. The average molecular weight is 247 g/mol. The largest absolute Gasteiger partial charge is 0.385 e. The van der Waals surface area contributed by atoms with Gasteiger partial charge in [0.2, 0.25) is 0 Å². The predicted octanol–water partition coefficient (Wildman–Crippen LogP) is 0.0141. The molecule has 0 aliphatic carbocycles. The first-order valence-electron chi connectivity index (χ1n) is 6.04. The molecule has 96 valence electrons. The monoisotopic (exact) mass is 247 g/mol. The van der Waals surface area contributed by atoms with Crippen LogP contribution in [0.25, 0.3) is 0 Å². The minimum Gasteiger partial charge on any atom is -0.385 e. The van der Waals surface area contributed by atoms with Gasteiger partial charge < -0.3 is 20.4 Å². The molecule has 3 N–H and O–H groups in total. The van der Waals surface area contributed by atoms with E-state index in [0.717, 1.165) is 31.9 Å². The first-order chi connectivity index (χ1) is 8.72. The minimum absolute atomic E-state index is 0.570. The van der Waals surface area contributed by atoms with Gasteiger partial charge in [-0.15, -0.1) is 0 Å². The minimum atomic E-state index is -1.39. The van der Waals surface area contributed by atoms with Crippen molar-refractivity contribution in [2.24, 2.45) is 0 Å². The van der Waals surface area contributed by atoms with Gasteiger partial charge >= 0.3 is 0 Å². The summed E-state index contributed by atoms with van der Waals surface area (Å²) in [7, 11) is 0. The molecule has 0 amide bonds. The number of aliphatic hydroxyl groups excluding tert-OH is 2. The summed E-state index contributed by atoms with van der Waals surface area (Å²) in [5.74, 6) is 0. The third kappa shape index (κ3) is 2.79. The van der Waals surface area contributed by atoms with Crippen molar-refractivity contribution in [2.45, 2.75) is 12.2 Å². The Morgan fingerprint density at radius 1 is 1.28 bits per heavy atom. The Balaban J connectivity index is 2.16. The predicted molar refractivity (Wildman–Crippen MR) is 68.1 cm³/mol. The van der Waals surface area contributed by atoms with Crippen LogP contribution in [0.4, 0.5) is 5.69 Å². The van der Waals surface area contributed by atoms with Gasteiger partial charge in [0.1, 0.15) is 6.10 Å². The van der Waals surface area contributed by atoms with E-state index in [1.807, 2.05) is 18.2 Å². The number of hydrogen-bond donors (Lipinski definition) is 3. The summed E-state index contributed by atoms with van der Waals surface area (Å²) >= 11 is 0. The quantitative estimate of drug-likeness (QED) is 0.656. The van der Waals surface area contributed by atoms with Crippen LogP contribution in [0.2, 0.25) is 0 Å². The van der Waals surface area contributed by atoms with Crippen molar-refractivity contribution in [3.63, 3.8) is 0 Å². The first-order valence-corrected chi connectivity index (χ1v) is 6.04. The smallest absolute Gasteiger partial charge is 0.170 e. The van der Waals surface area contributed by atoms with E-state index in [1.165, 1.54) is 0 Å². The Bertz CT molecular complexity index is 438. The van der Waals surface area contributed by atoms with E-state index in [0.29, 0.717) is 5.56 Å². The van der Waals surface area contributed by atoms with Gasteiger partial charge in [-0.05, 0) is 17.7 Å². The molecule has 2 atom stereocenters. The van der Waals surface area contributed by atoms with Gasteiger partial charge in [-0.2, -0.15) is 5.26 Å². The summed E-state index contributed by atoms with van der Waals surface area (Å²) < 4.78 is 0. The third-order valence-electron chi connectivity index (χ3n) is 3.13. The normalized spacial score (nSPS) is 19.1. The molecule has 1 saturated heterocycles. The first kappa shape index (κ1) is 12.8. The maximum atomic E-state index is 9.81. The highest BCUT2D eigenvalue weighted by Gasteiger charge is 2.19. The topological polar surface area (TPSA) is 79.5 Å². The molecule has 2 rings (SSSR count). The van der Waals surface area contributed by atoms with Gasteiger partial charge in [-0.1, -0.05) is 12.1 Å². The molecule has 1 aromatic rings. The molecule has 18 heavy (non-hydrogen) atoms. The molecule has 0 bridgehead atoms. The van der Waals surface area contributed by atoms with Gasteiger partial charge in [0.05, 0.1) is 6.07 Å². The average Bonchev–Trinajstić information content (AvgIpc) is 2.46. The Hall–Kier alpha value is -1.61. The molecule has 0 saturated carbocycles. The van der Waals surface area contributed by atoms with Crippen molar-refractivity contribution in [2.75, 3.05) is 31.1 Å². The molecule has 1 aromatic carbocycles. The Morgan fingerprint density at radius 2 is 2.00 bits per heavy atom. The molecule has 0 radical (unpaired) electrons. The van der Waals surface area contributed by atoms with Crippen LogP contribution in [-0.4, -0.2) is 42.5 Å². The van der Waals surface area contributed by atoms with Crippen molar-refractivity contribution >= 4 is 5.69 Å². The Morgan fingerprint density at radius 3 is 2.67 bits per heavy atom. The third-order valence-corrected chi connectivity index (χ3v) is 3.13. The molecule has 1 fully saturated rings. The van der Waals surface area contributed by atoms with Crippen molar-refractivity contribution in [3.8, 4) is 6.07 Å². The van der Waals surface area contributed by atoms with Crippen LogP contribution in [0.3, 0.4) is 0 Å². The zero-order valence-corrected chi connectivity index (χ0v) is 10.1. The highest BCUT2D eigenvalue weighted by Crippen LogP contribution is 2.23. The zero-order chi connectivity index (χ0) is 13.0. The molecular formula is C13H17N3O2. The van der Waals surface area contributed by atoms with Crippen molar-refractivity contribution < 1.29 is 10.2 Å². The number of rotatable bonds is 3. The van der Waals surface area contributed by atoms with Crippen LogP contribution in [0.5, 0.6) is 0 Å². The fraction of sp³-hybridized carbons (Fsp3) is 0.462. The van der Waals surface area contributed by atoms with E-state index in [4.69, 9.17) is 5.26 Å². The van der Waals surface area contributed by atoms with Crippen molar-refractivity contribution in [1.82, 2.24) is 5.32 Å². The van der Waals surface area contributed by atoms with Crippen molar-refractivity contribution in [1.29, 1.82) is 5.26 Å². The standard InChI is InChI=1S/C13H17N3O2/c14-9-12(17)13(18)10-2-1-3-11(8-10)16-6-4-15-5-7-16/h1-3,8,12-13,15,17-18H,4-7H2. The van der Waals surface area contributed by atoms with Gasteiger partial charge in [-0.25, -0.2) is 0 Å². The zero-order valence-electron chi connectivity index (χ0n) is 10.1. The summed E-state index contributed by atoms with van der Waals surface area (Å²) in [5, 5.41) is 31.0. The van der Waals surface area contributed by atoms with Crippen LogP contribution in [0.15, 0.2) is 24.3 Å². The lowest BCUT2D eigenvalue weighted by molar-refractivity contribution is 0.0528. The molecule has 1 aliphatic rings. The highest BCUT2D eigenvalue weighted by molar-refractivity contribution is 5.49. The maximum Gasteiger partial charge on any atom is 0.170 e. The van der Waals surface area contributed by atoms with Crippen LogP contribution in [-0.2, 0) is 0 Å². The highest BCUT2D eigenvalue weighted by atomic mass is 16.3. The van der Waals surface area contributed by atoms with E-state index in [2.05, 4.69) is 10.2 Å². The van der Waals surface area contributed by atoms with Crippen LogP contribution in [0, 0.1) is 11.3 Å². The summed E-state index contributed by atoms with van der Waals surface area (Å²) in [6.45, 7) is 3.71. The molecule has 0 spiro atoms. The number of piperazine rings is 1. The van der Waals surface area contributed by atoms with E-state index in [1.54, 1.807) is 12.1 Å². The SMILES string of the molecule is N#CC(O)C(O)c1cccc(N2CCNCC2)c1. The molecule has 5 nitrogen and oxygen atoms in total. The summed E-state index contributed by atoms with van der Waals surface area (Å²) in [4.78, 5) is 2.21. The molecule has 5 heteroatoms. The second-order valence-corrected chi connectivity index (χ2v) is 4.35. The molecule has 1 heterocycles. The van der Waals surface area contributed by atoms with Gasteiger partial charge in [0.25, 0.3) is 0 Å². The molecule has 0 aromatic heterocycles. The molecule has 1 aliphatic heterocycles. The number of anilines is 1. The lowest BCUT2D eigenvalue weighted by Gasteiger charge is -2.30. The van der Waals surface area contributed by atoms with Crippen LogP contribution in [0.1, 0.15) is 11.7 Å². The number of nitrogens with zero attached hydrogens (tertiary/aromatic N) is 2. The fourth-order valence-corrected chi connectivity index (χ4v) is 2.08. The molecule has 2 unspecified atom stereocenters. The van der Waals surface area contributed by atoms with Crippen LogP contribution >= 0.6 is 0 Å². The van der Waals surface area contributed by atoms with E-state index in [9.17, 15) is 10.2 Å². The van der Waals surface area contributed by atoms with Crippen molar-refractivity contribution in [3.05, 3.63) is 29.8 Å². The Labute approximate surface area is 106 Å². The number of nitrogens with one attached hydrogen (secondary N) is 1. The van der Waals surface area contributed by atoms with Gasteiger partial charge in [-0.3, -0.25) is 0 Å². The second-order valence-electron chi connectivity index (χ2n) is 4.35. The van der Waals surface area contributed by atoms with E-state index >= 15 is 0 Å². The summed E-state index contributed by atoms with van der Waals surface area (Å²) in [6, 6.07) is 9.00. The maximum absolute atomic E-state index is 9.81. The number of aliphatic hydroxyl groups is 2. The van der Waals surface area contributed by atoms with E-state index in [-0.39, 0.29) is 0 Å². The molecular weight excluding hydrogens is 230 g/mol.